The van der Waals surface area contributed by atoms with Crippen molar-refractivity contribution < 1.29 is 77.7 Å². The number of hydrogen-bond acceptors (Lipinski definition) is 16. The molecule has 4 aromatic rings. The summed E-state index contributed by atoms with van der Waals surface area (Å²) in [6.07, 6.45) is 0. The summed E-state index contributed by atoms with van der Waals surface area (Å²) in [6, 6.07) is 14.1. The number of aliphatic carboxylic acids is 2. The number of aromatic nitrogens is 2. The molecular weight excluding hydrogens is 785 g/mol. The molecule has 16 nitrogen and oxygen atoms in total. The summed E-state index contributed by atoms with van der Waals surface area (Å²) < 4.78 is 3.99. The zero-order valence-corrected chi connectivity index (χ0v) is 32.6. The minimum atomic E-state index is -1.25. The molecule has 4 rings (SSSR count). The second-order valence-corrected chi connectivity index (χ2v) is 11.6. The Balaban J connectivity index is 0.000000633. The summed E-state index contributed by atoms with van der Waals surface area (Å²) in [6.45, 7) is 2.73. The Morgan fingerprint density at radius 1 is 0.551 bits per heavy atom. The van der Waals surface area contributed by atoms with Crippen LogP contribution >= 0.6 is 22.7 Å². The second-order valence-electron chi connectivity index (χ2n) is 9.61. The van der Waals surface area contributed by atoms with E-state index in [1.165, 1.54) is 9.13 Å². The molecule has 49 heavy (non-hydrogen) atoms. The quantitative estimate of drug-likeness (QED) is 0.0593. The molecule has 0 spiro atoms. The van der Waals surface area contributed by atoms with Crippen LogP contribution < -0.4 is 20.0 Å². The van der Waals surface area contributed by atoms with Gasteiger partial charge >= 0.3 is 37.0 Å². The van der Waals surface area contributed by atoms with Gasteiger partial charge in [-0.1, -0.05) is 46.9 Å². The maximum absolute atomic E-state index is 11.4. The van der Waals surface area contributed by atoms with E-state index in [0.29, 0.717) is 50.3 Å². The van der Waals surface area contributed by atoms with E-state index >= 15 is 0 Å². The first kappa shape index (κ1) is 46.4. The molecule has 2 aromatic carbocycles. The van der Waals surface area contributed by atoms with Crippen molar-refractivity contribution in [3.05, 3.63) is 67.9 Å². The van der Waals surface area contributed by atoms with Gasteiger partial charge in [-0.05, 0) is 24.3 Å². The number of aliphatic hydroxyl groups is 6. The molecule has 0 saturated carbocycles. The van der Waals surface area contributed by atoms with Crippen molar-refractivity contribution in [2.24, 2.45) is 0 Å². The number of carbonyl (C=O) groups is 2. The van der Waals surface area contributed by atoms with Crippen LogP contribution in [-0.2, 0) is 50.0 Å². The van der Waals surface area contributed by atoms with Crippen LogP contribution in [-0.4, -0.2) is 140 Å². The molecule has 0 aliphatic rings. The molecule has 2 aromatic heterocycles. The molecule has 0 fully saturated rings. The number of fused-ring (bicyclic) bond motifs is 2. The van der Waals surface area contributed by atoms with Crippen LogP contribution in [0.1, 0.15) is 0 Å². The minimum absolute atomic E-state index is 0. The van der Waals surface area contributed by atoms with Crippen molar-refractivity contribution in [3.8, 4) is 0 Å². The van der Waals surface area contributed by atoms with Crippen molar-refractivity contribution in [1.29, 1.82) is 0 Å². The maximum atomic E-state index is 11.4. The first-order valence-electron chi connectivity index (χ1n) is 14.7. The number of carboxylic acids is 2. The summed E-state index contributed by atoms with van der Waals surface area (Å²) in [7, 11) is 0. The van der Waals surface area contributed by atoms with Gasteiger partial charge < -0.3 is 50.4 Å². The van der Waals surface area contributed by atoms with E-state index < -0.39 is 11.9 Å². The van der Waals surface area contributed by atoms with Crippen molar-refractivity contribution in [2.45, 2.75) is 13.1 Å². The molecule has 0 amide bonds. The zero-order chi connectivity index (χ0) is 35.9. The van der Waals surface area contributed by atoms with E-state index in [1.807, 2.05) is 12.1 Å². The van der Waals surface area contributed by atoms with Gasteiger partial charge in [0.15, 0.2) is 0 Å². The van der Waals surface area contributed by atoms with E-state index in [0.717, 1.165) is 32.1 Å². The number of rotatable bonds is 16. The van der Waals surface area contributed by atoms with Crippen LogP contribution in [0, 0.1) is 0 Å². The molecule has 0 radical (unpaired) electrons. The van der Waals surface area contributed by atoms with Gasteiger partial charge in [-0.3, -0.25) is 28.5 Å². The van der Waals surface area contributed by atoms with Gasteiger partial charge in [-0.25, -0.2) is 0 Å². The fraction of sp³-hybridized carbons (Fsp3) is 0.467. The summed E-state index contributed by atoms with van der Waals surface area (Å²) in [5.74, 6) is -2.51. The second kappa shape index (κ2) is 27.1. The molecule has 2 heterocycles. The summed E-state index contributed by atoms with van der Waals surface area (Å²) in [4.78, 5) is 46.6. The van der Waals surface area contributed by atoms with Crippen molar-refractivity contribution >= 4 is 55.0 Å². The number of aliphatic hydroxyl groups excluding tert-OH is 6. The third-order valence-electron chi connectivity index (χ3n) is 6.22. The smallest absolute Gasteiger partial charge is 0.548 e. The predicted octanol–water partition coefficient (Wildman–Crippen LogP) is -3.85. The third-order valence-corrected chi connectivity index (χ3v) is 8.14. The van der Waals surface area contributed by atoms with Crippen LogP contribution in [0.15, 0.2) is 58.1 Å². The largest absolute Gasteiger partial charge is 2.00 e. The molecular formula is C30H42CdN4O12S2. The number of carboxylic acid groups (broad SMARTS) is 2. The van der Waals surface area contributed by atoms with E-state index in [2.05, 4.69) is 0 Å². The molecule has 6 N–H and O–H groups in total. The monoisotopic (exact) mass is 828 g/mol. The number of nitrogens with zero attached hydrogens (tertiary/aromatic N) is 4. The van der Waals surface area contributed by atoms with E-state index in [9.17, 15) is 29.4 Å². The molecule has 0 aliphatic heterocycles. The molecule has 268 valence electrons. The average molecular weight is 827 g/mol. The normalized spacial score (nSPS) is 10.4. The van der Waals surface area contributed by atoms with Gasteiger partial charge in [0.2, 0.25) is 0 Å². The molecule has 0 atom stereocenters. The van der Waals surface area contributed by atoms with E-state index in [4.69, 9.17) is 30.6 Å². The molecule has 0 bridgehead atoms. The van der Waals surface area contributed by atoms with E-state index in [1.54, 1.807) is 46.2 Å². The van der Waals surface area contributed by atoms with Crippen molar-refractivity contribution in [1.82, 2.24) is 18.9 Å². The number of hydrogen-bond donors (Lipinski definition) is 6. The molecule has 19 heteroatoms. The number of thiazole rings is 2. The summed E-state index contributed by atoms with van der Waals surface area (Å²) in [5, 5.41) is 71.7. The fourth-order valence-electron chi connectivity index (χ4n) is 4.10. The van der Waals surface area contributed by atoms with Crippen LogP contribution in [0.2, 0.25) is 0 Å². The van der Waals surface area contributed by atoms with Gasteiger partial charge in [0.1, 0.15) is 0 Å². The minimum Gasteiger partial charge on any atom is -0.548 e. The summed E-state index contributed by atoms with van der Waals surface area (Å²) >= 11 is 2.07. The Hall–Kier alpha value is -2.64. The van der Waals surface area contributed by atoms with Crippen molar-refractivity contribution in [2.75, 3.05) is 78.9 Å². The summed E-state index contributed by atoms with van der Waals surface area (Å²) in [5.41, 5.74) is 1.29. The van der Waals surface area contributed by atoms with Crippen LogP contribution in [0.3, 0.4) is 0 Å². The van der Waals surface area contributed by atoms with Crippen LogP contribution in [0.4, 0.5) is 0 Å². The Labute approximate surface area is 310 Å². The molecule has 0 unspecified atom stereocenters. The van der Waals surface area contributed by atoms with Gasteiger partial charge in [-0.15, -0.1) is 0 Å². The molecule has 0 aliphatic carbocycles. The van der Waals surface area contributed by atoms with Gasteiger partial charge in [0.25, 0.3) is 0 Å². The topological polar surface area (TPSA) is 252 Å². The van der Waals surface area contributed by atoms with Crippen LogP contribution in [0.5, 0.6) is 0 Å². The molecule has 0 saturated heterocycles. The number of carbonyl (C=O) groups excluding carboxylic acids is 2. The fourth-order valence-corrected chi connectivity index (χ4v) is 5.89. The first-order valence-corrected chi connectivity index (χ1v) is 16.4. The Morgan fingerprint density at radius 3 is 1.06 bits per heavy atom. The number of benzene rings is 2. The Kier molecular flexibility index (Phi) is 25.7. The van der Waals surface area contributed by atoms with Gasteiger partial charge in [0.05, 0.1) is 85.1 Å². The number of para-hydroxylation sites is 2. The van der Waals surface area contributed by atoms with Crippen LogP contribution in [0.25, 0.3) is 20.4 Å². The van der Waals surface area contributed by atoms with E-state index in [-0.39, 0.29) is 89.8 Å². The predicted molar refractivity (Wildman–Crippen MR) is 178 cm³/mol. The van der Waals surface area contributed by atoms with Gasteiger partial charge in [0, 0.05) is 39.3 Å². The Morgan fingerprint density at radius 2 is 0.816 bits per heavy atom. The standard InChI is InChI=1S/2C9H7NO3S.2C6H15NO3.Cd/c2*11-8(12)5-10-6-3-1-2-4-7(6)14-9(10)13;2*8-4-1-7(2-5-9)3-6-10;/h2*1-4H,5H2,(H,11,12);2*8-10H,1-6H2;/q;;;;+2/p-2. The van der Waals surface area contributed by atoms with Crippen molar-refractivity contribution in [3.63, 3.8) is 0 Å². The first-order chi connectivity index (χ1) is 23.1. The van der Waals surface area contributed by atoms with Gasteiger partial charge in [-0.2, -0.15) is 0 Å². The maximum Gasteiger partial charge on any atom is 2.00 e. The average Bonchev–Trinajstić information content (AvgIpc) is 3.53. The Bertz CT molecular complexity index is 1460. The SMILES string of the molecule is O=C([O-])Cn1c(=O)sc2ccccc21.O=C([O-])Cn1c(=O)sc2ccccc21.OCCN(CCO)CCO.OCCN(CCO)CCO.[Cd+2]. The third kappa shape index (κ3) is 17.7. The zero-order valence-electron chi connectivity index (χ0n) is 27.0.